The zero-order valence-corrected chi connectivity index (χ0v) is 13.2. The maximum atomic E-state index is 11.8. The van der Waals surface area contributed by atoms with Gasteiger partial charge in [-0.15, -0.1) is 0 Å². The number of carbonyl (C=O) groups is 2. The minimum absolute atomic E-state index is 0.0392. The SMILES string of the molecule is NC(=O)c1ccc(Cl)cc1NCC(=O)N[C@@H]1CCS(=O)(=O)C1. The molecule has 0 aliphatic carbocycles. The summed E-state index contributed by atoms with van der Waals surface area (Å²) in [5.74, 6) is -0.951. The number of rotatable bonds is 5. The number of sulfone groups is 1. The van der Waals surface area contributed by atoms with Crippen LogP contribution >= 0.6 is 11.6 Å². The van der Waals surface area contributed by atoms with Gasteiger partial charge in [0.05, 0.1) is 23.6 Å². The summed E-state index contributed by atoms with van der Waals surface area (Å²) in [7, 11) is -3.05. The summed E-state index contributed by atoms with van der Waals surface area (Å²) in [6, 6.07) is 4.12. The third-order valence-electron chi connectivity index (χ3n) is 3.28. The van der Waals surface area contributed by atoms with E-state index in [9.17, 15) is 18.0 Å². The lowest BCUT2D eigenvalue weighted by Gasteiger charge is -2.13. The summed E-state index contributed by atoms with van der Waals surface area (Å²) in [5.41, 5.74) is 5.82. The van der Waals surface area contributed by atoms with Crippen molar-refractivity contribution in [3.05, 3.63) is 28.8 Å². The van der Waals surface area contributed by atoms with E-state index in [2.05, 4.69) is 10.6 Å². The number of anilines is 1. The molecule has 0 spiro atoms. The largest absolute Gasteiger partial charge is 0.375 e. The van der Waals surface area contributed by atoms with Crippen LogP contribution in [0.3, 0.4) is 0 Å². The van der Waals surface area contributed by atoms with E-state index < -0.39 is 15.7 Å². The van der Waals surface area contributed by atoms with E-state index >= 15 is 0 Å². The summed E-state index contributed by atoms with van der Waals surface area (Å²) in [6.07, 6.45) is 0.414. The third kappa shape index (κ3) is 4.35. The van der Waals surface area contributed by atoms with E-state index in [1.54, 1.807) is 0 Å². The van der Waals surface area contributed by atoms with Crippen LogP contribution in [0.4, 0.5) is 5.69 Å². The van der Waals surface area contributed by atoms with E-state index in [0.29, 0.717) is 17.1 Å². The van der Waals surface area contributed by atoms with Crippen molar-refractivity contribution in [2.24, 2.45) is 5.73 Å². The van der Waals surface area contributed by atoms with Gasteiger partial charge in [0.25, 0.3) is 5.91 Å². The number of nitrogens with two attached hydrogens (primary N) is 1. The predicted molar refractivity (Wildman–Crippen MR) is 83.7 cm³/mol. The lowest BCUT2D eigenvalue weighted by Crippen LogP contribution is -2.39. The maximum Gasteiger partial charge on any atom is 0.250 e. The van der Waals surface area contributed by atoms with Crippen LogP contribution in [0.2, 0.25) is 5.02 Å². The molecule has 2 rings (SSSR count). The zero-order valence-electron chi connectivity index (χ0n) is 11.6. The number of benzene rings is 1. The Morgan fingerprint density at radius 3 is 2.68 bits per heavy atom. The molecule has 22 heavy (non-hydrogen) atoms. The molecule has 1 fully saturated rings. The number of hydrogen-bond donors (Lipinski definition) is 3. The van der Waals surface area contributed by atoms with Crippen LogP contribution < -0.4 is 16.4 Å². The highest BCUT2D eigenvalue weighted by Gasteiger charge is 2.28. The predicted octanol–water partition coefficient (Wildman–Crippen LogP) is 0.154. The molecule has 2 amide bonds. The number of primary amides is 1. The molecule has 0 bridgehead atoms. The Hall–Kier alpha value is -1.80. The van der Waals surface area contributed by atoms with Crippen LogP contribution in [-0.2, 0) is 14.6 Å². The molecule has 1 saturated heterocycles. The second-order valence-electron chi connectivity index (χ2n) is 5.08. The van der Waals surface area contributed by atoms with Crippen LogP contribution in [0.15, 0.2) is 18.2 Å². The van der Waals surface area contributed by atoms with Crippen LogP contribution in [0, 0.1) is 0 Å². The van der Waals surface area contributed by atoms with E-state index in [0.717, 1.165) is 0 Å². The van der Waals surface area contributed by atoms with Crippen molar-refractivity contribution in [3.63, 3.8) is 0 Å². The smallest absolute Gasteiger partial charge is 0.250 e. The zero-order chi connectivity index (χ0) is 16.3. The summed E-state index contributed by atoms with van der Waals surface area (Å²) in [4.78, 5) is 23.1. The molecule has 1 atom stereocenters. The normalized spacial score (nSPS) is 19.6. The lowest BCUT2D eigenvalue weighted by atomic mass is 10.1. The van der Waals surface area contributed by atoms with E-state index in [4.69, 9.17) is 17.3 Å². The van der Waals surface area contributed by atoms with Crippen molar-refractivity contribution < 1.29 is 18.0 Å². The quantitative estimate of drug-likeness (QED) is 0.702. The maximum absolute atomic E-state index is 11.8. The highest BCUT2D eigenvalue weighted by molar-refractivity contribution is 7.91. The number of amides is 2. The van der Waals surface area contributed by atoms with Gasteiger partial charge < -0.3 is 16.4 Å². The summed E-state index contributed by atoms with van der Waals surface area (Å²) in [6.45, 7) is -0.114. The number of nitrogens with one attached hydrogen (secondary N) is 2. The first-order valence-corrected chi connectivity index (χ1v) is 8.80. The Morgan fingerprint density at radius 1 is 1.36 bits per heavy atom. The van der Waals surface area contributed by atoms with Gasteiger partial charge >= 0.3 is 0 Å². The Kier molecular flexibility index (Phi) is 4.92. The van der Waals surface area contributed by atoms with Gasteiger partial charge in [-0.2, -0.15) is 0 Å². The first-order valence-electron chi connectivity index (χ1n) is 6.60. The summed E-state index contributed by atoms with van der Waals surface area (Å²) < 4.78 is 22.7. The van der Waals surface area contributed by atoms with Gasteiger partial charge in [0, 0.05) is 16.8 Å². The third-order valence-corrected chi connectivity index (χ3v) is 5.29. The Bertz CT molecular complexity index is 705. The standard InChI is InChI=1S/C13H16ClN3O4S/c14-8-1-2-10(13(15)19)11(5-8)16-6-12(18)17-9-3-4-22(20,21)7-9/h1-2,5,9,16H,3-4,6-7H2,(H2,15,19)(H,17,18)/t9-/m1/s1. The molecular formula is C13H16ClN3O4S. The van der Waals surface area contributed by atoms with Gasteiger partial charge in [0.1, 0.15) is 0 Å². The molecule has 9 heteroatoms. The minimum atomic E-state index is -3.05. The van der Waals surface area contributed by atoms with Gasteiger partial charge in [-0.25, -0.2) is 8.42 Å². The molecular weight excluding hydrogens is 330 g/mol. The number of carbonyl (C=O) groups excluding carboxylic acids is 2. The number of halogens is 1. The topological polar surface area (TPSA) is 118 Å². The Balaban J connectivity index is 1.94. The fourth-order valence-electron chi connectivity index (χ4n) is 2.24. The molecule has 1 aromatic rings. The molecule has 0 radical (unpaired) electrons. The monoisotopic (exact) mass is 345 g/mol. The Morgan fingerprint density at radius 2 is 2.09 bits per heavy atom. The minimum Gasteiger partial charge on any atom is -0.375 e. The summed E-state index contributed by atoms with van der Waals surface area (Å²) in [5, 5.41) is 5.82. The second-order valence-corrected chi connectivity index (χ2v) is 7.74. The molecule has 7 nitrogen and oxygen atoms in total. The van der Waals surface area contributed by atoms with Gasteiger partial charge in [-0.05, 0) is 24.6 Å². The van der Waals surface area contributed by atoms with E-state index in [-0.39, 0.29) is 35.6 Å². The van der Waals surface area contributed by atoms with Crippen molar-refractivity contribution in [1.29, 1.82) is 0 Å². The van der Waals surface area contributed by atoms with Crippen LogP contribution in [-0.4, -0.2) is 44.3 Å². The molecule has 0 saturated carbocycles. The van der Waals surface area contributed by atoms with Crippen LogP contribution in [0.25, 0.3) is 0 Å². The van der Waals surface area contributed by atoms with Gasteiger partial charge in [0.15, 0.2) is 9.84 Å². The average molecular weight is 346 g/mol. The molecule has 1 heterocycles. The first kappa shape index (κ1) is 16.6. The molecule has 4 N–H and O–H groups in total. The van der Waals surface area contributed by atoms with Crippen molar-refractivity contribution in [2.75, 3.05) is 23.4 Å². The van der Waals surface area contributed by atoms with Gasteiger partial charge in [-0.1, -0.05) is 11.6 Å². The molecule has 1 aliphatic heterocycles. The lowest BCUT2D eigenvalue weighted by molar-refractivity contribution is -0.119. The average Bonchev–Trinajstić information content (AvgIpc) is 2.75. The van der Waals surface area contributed by atoms with E-state index in [1.807, 2.05) is 0 Å². The van der Waals surface area contributed by atoms with Crippen molar-refractivity contribution in [2.45, 2.75) is 12.5 Å². The fourth-order valence-corrected chi connectivity index (χ4v) is 4.09. The van der Waals surface area contributed by atoms with Gasteiger partial charge in [-0.3, -0.25) is 9.59 Å². The van der Waals surface area contributed by atoms with Crippen LogP contribution in [0.1, 0.15) is 16.8 Å². The summed E-state index contributed by atoms with van der Waals surface area (Å²) >= 11 is 5.85. The molecule has 0 aromatic heterocycles. The number of hydrogen-bond acceptors (Lipinski definition) is 5. The van der Waals surface area contributed by atoms with Crippen LogP contribution in [0.5, 0.6) is 0 Å². The van der Waals surface area contributed by atoms with Gasteiger partial charge in [0.2, 0.25) is 5.91 Å². The van der Waals surface area contributed by atoms with Crippen molar-refractivity contribution in [1.82, 2.24) is 5.32 Å². The first-order chi connectivity index (χ1) is 10.3. The second kappa shape index (κ2) is 6.53. The van der Waals surface area contributed by atoms with Crippen molar-refractivity contribution >= 4 is 38.9 Å². The molecule has 1 aliphatic rings. The molecule has 0 unspecified atom stereocenters. The Labute approximate surface area is 133 Å². The van der Waals surface area contributed by atoms with Crippen molar-refractivity contribution in [3.8, 4) is 0 Å². The highest BCUT2D eigenvalue weighted by Crippen LogP contribution is 2.20. The fraction of sp³-hybridized carbons (Fsp3) is 0.385. The highest BCUT2D eigenvalue weighted by atomic mass is 35.5. The van der Waals surface area contributed by atoms with E-state index in [1.165, 1.54) is 18.2 Å². The molecule has 1 aromatic carbocycles. The molecule has 120 valence electrons.